The highest BCUT2D eigenvalue weighted by Gasteiger charge is 2.31. The molecule has 1 rings (SSSR count). The Hall–Kier alpha value is -0.120. The fourth-order valence-electron chi connectivity index (χ4n) is 2.42. The largest absolute Gasteiger partial charge is 0.380 e. The second-order valence-electron chi connectivity index (χ2n) is 5.37. The number of rotatable bonds is 6. The Balaban J connectivity index is 2.43. The summed E-state index contributed by atoms with van der Waals surface area (Å²) in [6, 6.07) is 0.693. The van der Waals surface area contributed by atoms with Gasteiger partial charge in [0.1, 0.15) is 0 Å². The minimum Gasteiger partial charge on any atom is -0.380 e. The Morgan fingerprint density at radius 3 is 2.75 bits per heavy atom. The van der Waals surface area contributed by atoms with E-state index in [0.717, 1.165) is 32.8 Å². The minimum atomic E-state index is 0.246. The molecule has 3 nitrogen and oxygen atoms in total. The van der Waals surface area contributed by atoms with Crippen molar-refractivity contribution in [1.29, 1.82) is 0 Å². The highest BCUT2D eigenvalue weighted by atomic mass is 16.5. The average molecular weight is 228 g/mol. The predicted octanol–water partition coefficient (Wildman–Crippen LogP) is 1.88. The zero-order valence-electron chi connectivity index (χ0n) is 11.4. The van der Waals surface area contributed by atoms with Crippen LogP contribution in [0.1, 0.15) is 40.5 Å². The summed E-state index contributed by atoms with van der Waals surface area (Å²) in [7, 11) is 0. The standard InChI is InChI=1S/C13H28N2O/c1-5-7-12-10-14-13(3,4)11-15(12)8-9-16-6-2/h12,14H,5-11H2,1-4H3. The summed E-state index contributed by atoms with van der Waals surface area (Å²) in [6.45, 7) is 13.9. The third kappa shape index (κ3) is 4.40. The van der Waals surface area contributed by atoms with Crippen LogP contribution in [-0.4, -0.2) is 49.3 Å². The van der Waals surface area contributed by atoms with Gasteiger partial charge in [-0.1, -0.05) is 13.3 Å². The molecular formula is C13H28N2O. The maximum atomic E-state index is 5.47. The molecule has 96 valence electrons. The monoisotopic (exact) mass is 228 g/mol. The van der Waals surface area contributed by atoms with Gasteiger partial charge >= 0.3 is 0 Å². The van der Waals surface area contributed by atoms with E-state index in [0.29, 0.717) is 6.04 Å². The fraction of sp³-hybridized carbons (Fsp3) is 1.00. The van der Waals surface area contributed by atoms with Crippen LogP contribution in [0.5, 0.6) is 0 Å². The van der Waals surface area contributed by atoms with Crippen LogP contribution in [0.4, 0.5) is 0 Å². The fourth-order valence-corrected chi connectivity index (χ4v) is 2.42. The molecule has 0 aromatic carbocycles. The summed E-state index contributed by atoms with van der Waals surface area (Å²) in [5.74, 6) is 0. The van der Waals surface area contributed by atoms with Crippen LogP contribution in [0.15, 0.2) is 0 Å². The van der Waals surface area contributed by atoms with E-state index >= 15 is 0 Å². The molecular weight excluding hydrogens is 200 g/mol. The van der Waals surface area contributed by atoms with Crippen molar-refractivity contribution in [3.63, 3.8) is 0 Å². The molecule has 1 fully saturated rings. The molecule has 1 atom stereocenters. The van der Waals surface area contributed by atoms with Crippen molar-refractivity contribution < 1.29 is 4.74 Å². The van der Waals surface area contributed by atoms with E-state index in [1.807, 2.05) is 0 Å². The topological polar surface area (TPSA) is 24.5 Å². The van der Waals surface area contributed by atoms with Crippen molar-refractivity contribution in [3.05, 3.63) is 0 Å². The third-order valence-electron chi connectivity index (χ3n) is 3.28. The summed E-state index contributed by atoms with van der Waals surface area (Å²) in [5.41, 5.74) is 0.246. The van der Waals surface area contributed by atoms with Gasteiger partial charge in [0.05, 0.1) is 6.61 Å². The molecule has 0 spiro atoms. The second-order valence-corrected chi connectivity index (χ2v) is 5.37. The van der Waals surface area contributed by atoms with Crippen molar-refractivity contribution in [2.75, 3.05) is 32.8 Å². The van der Waals surface area contributed by atoms with Gasteiger partial charge in [-0.25, -0.2) is 0 Å². The van der Waals surface area contributed by atoms with Crippen LogP contribution in [0.3, 0.4) is 0 Å². The molecule has 3 heteroatoms. The second kappa shape index (κ2) is 6.58. The Morgan fingerprint density at radius 1 is 1.38 bits per heavy atom. The van der Waals surface area contributed by atoms with Gasteiger partial charge in [0.15, 0.2) is 0 Å². The molecule has 1 aliphatic rings. The van der Waals surface area contributed by atoms with Crippen LogP contribution in [0.25, 0.3) is 0 Å². The van der Waals surface area contributed by atoms with E-state index in [4.69, 9.17) is 4.74 Å². The van der Waals surface area contributed by atoms with E-state index in [9.17, 15) is 0 Å². The number of piperazine rings is 1. The highest BCUT2D eigenvalue weighted by Crippen LogP contribution is 2.17. The molecule has 1 aliphatic heterocycles. The smallest absolute Gasteiger partial charge is 0.0593 e. The molecule has 1 unspecified atom stereocenters. The number of hydrogen-bond donors (Lipinski definition) is 1. The van der Waals surface area contributed by atoms with E-state index in [-0.39, 0.29) is 5.54 Å². The van der Waals surface area contributed by atoms with Crippen LogP contribution in [0.2, 0.25) is 0 Å². The van der Waals surface area contributed by atoms with Crippen molar-refractivity contribution in [2.45, 2.75) is 52.1 Å². The first-order valence-corrected chi connectivity index (χ1v) is 6.66. The van der Waals surface area contributed by atoms with E-state index in [1.54, 1.807) is 0 Å². The SMILES string of the molecule is CCCC1CNC(C)(C)CN1CCOCC. The zero-order valence-corrected chi connectivity index (χ0v) is 11.4. The molecule has 0 aromatic heterocycles. The summed E-state index contributed by atoms with van der Waals surface area (Å²) >= 11 is 0. The number of hydrogen-bond acceptors (Lipinski definition) is 3. The van der Waals surface area contributed by atoms with Gasteiger partial charge in [-0.05, 0) is 27.2 Å². The lowest BCUT2D eigenvalue weighted by Crippen LogP contribution is -2.61. The lowest BCUT2D eigenvalue weighted by atomic mass is 9.97. The molecule has 0 amide bonds. The van der Waals surface area contributed by atoms with Gasteiger partial charge < -0.3 is 10.1 Å². The number of ether oxygens (including phenoxy) is 1. The first kappa shape index (κ1) is 13.9. The maximum absolute atomic E-state index is 5.47. The van der Waals surface area contributed by atoms with Crippen molar-refractivity contribution in [2.24, 2.45) is 0 Å². The highest BCUT2D eigenvalue weighted by molar-refractivity contribution is 4.91. The molecule has 0 saturated carbocycles. The van der Waals surface area contributed by atoms with Gasteiger partial charge in [0.25, 0.3) is 0 Å². The minimum absolute atomic E-state index is 0.246. The van der Waals surface area contributed by atoms with Crippen LogP contribution in [0, 0.1) is 0 Å². The quantitative estimate of drug-likeness (QED) is 0.703. The van der Waals surface area contributed by atoms with Crippen molar-refractivity contribution >= 4 is 0 Å². The van der Waals surface area contributed by atoms with Crippen LogP contribution < -0.4 is 5.32 Å². The average Bonchev–Trinajstić information content (AvgIpc) is 2.22. The normalized spacial score (nSPS) is 25.9. The Kier molecular flexibility index (Phi) is 5.73. The van der Waals surface area contributed by atoms with Gasteiger partial charge in [0, 0.05) is 37.8 Å². The van der Waals surface area contributed by atoms with Crippen molar-refractivity contribution in [3.8, 4) is 0 Å². The number of nitrogens with zero attached hydrogens (tertiary/aromatic N) is 1. The number of nitrogens with one attached hydrogen (secondary N) is 1. The molecule has 0 radical (unpaired) electrons. The maximum Gasteiger partial charge on any atom is 0.0593 e. The first-order chi connectivity index (χ1) is 7.59. The molecule has 1 N–H and O–H groups in total. The summed E-state index contributed by atoms with van der Waals surface area (Å²) < 4.78 is 5.47. The first-order valence-electron chi connectivity index (χ1n) is 6.66. The van der Waals surface area contributed by atoms with Gasteiger partial charge in [-0.2, -0.15) is 0 Å². The van der Waals surface area contributed by atoms with Gasteiger partial charge in [0.2, 0.25) is 0 Å². The van der Waals surface area contributed by atoms with E-state index in [2.05, 4.69) is 37.9 Å². The summed E-state index contributed by atoms with van der Waals surface area (Å²) in [5, 5.41) is 3.63. The Bertz CT molecular complexity index is 194. The van der Waals surface area contributed by atoms with Gasteiger partial charge in [-0.3, -0.25) is 4.90 Å². The van der Waals surface area contributed by atoms with E-state index < -0.39 is 0 Å². The molecule has 1 heterocycles. The lowest BCUT2D eigenvalue weighted by Gasteiger charge is -2.44. The van der Waals surface area contributed by atoms with E-state index in [1.165, 1.54) is 12.8 Å². The molecule has 1 saturated heterocycles. The Labute approximate surface area is 101 Å². The predicted molar refractivity (Wildman–Crippen MR) is 68.8 cm³/mol. The van der Waals surface area contributed by atoms with Gasteiger partial charge in [-0.15, -0.1) is 0 Å². The van der Waals surface area contributed by atoms with Crippen LogP contribution in [-0.2, 0) is 4.74 Å². The summed E-state index contributed by atoms with van der Waals surface area (Å²) in [6.07, 6.45) is 2.55. The molecule has 0 aliphatic carbocycles. The Morgan fingerprint density at radius 2 is 2.12 bits per heavy atom. The molecule has 0 aromatic rings. The van der Waals surface area contributed by atoms with Crippen LogP contribution >= 0.6 is 0 Å². The summed E-state index contributed by atoms with van der Waals surface area (Å²) in [4.78, 5) is 2.59. The molecule has 0 bridgehead atoms. The van der Waals surface area contributed by atoms with Crippen molar-refractivity contribution in [1.82, 2.24) is 10.2 Å². The lowest BCUT2D eigenvalue weighted by molar-refractivity contribution is 0.0497. The zero-order chi connectivity index (χ0) is 12.0. The third-order valence-corrected chi connectivity index (χ3v) is 3.28. The molecule has 16 heavy (non-hydrogen) atoms.